The Morgan fingerprint density at radius 2 is 1.88 bits per heavy atom. The third-order valence-electron chi connectivity index (χ3n) is 11.3. The second-order valence-electron chi connectivity index (χ2n) is 12.5. The van der Waals surface area contributed by atoms with Crippen LogP contribution in [0.15, 0.2) is 11.6 Å². The highest BCUT2D eigenvalue weighted by atomic mass is 16.5. The van der Waals surface area contributed by atoms with E-state index in [1.54, 1.807) is 12.5 Å². The molecule has 0 radical (unpaired) electrons. The lowest BCUT2D eigenvalue weighted by Crippen LogP contribution is -2.53. The average Bonchev–Trinajstić information content (AvgIpc) is 3.25. The Balaban J connectivity index is 1.33. The van der Waals surface area contributed by atoms with E-state index in [1.165, 1.54) is 52.0 Å². The molecule has 0 aromatic rings. The van der Waals surface area contributed by atoms with Gasteiger partial charge in [0.25, 0.3) is 5.91 Å². The molecule has 0 aromatic carbocycles. The minimum atomic E-state index is -0.706. The molecule has 4 fully saturated rings. The molecular formula is C28H44N2O3. The fourth-order valence-corrected chi connectivity index (χ4v) is 9.54. The molecule has 1 spiro atoms. The molecule has 0 bridgehead atoms. The van der Waals surface area contributed by atoms with Gasteiger partial charge in [0.15, 0.2) is 6.10 Å². The lowest BCUT2D eigenvalue weighted by molar-refractivity contribution is -0.158. The molecule has 5 heteroatoms. The molecule has 1 saturated heterocycles. The first-order chi connectivity index (χ1) is 15.6. The Kier molecular flexibility index (Phi) is 5.74. The van der Waals surface area contributed by atoms with Gasteiger partial charge >= 0.3 is 5.97 Å². The van der Waals surface area contributed by atoms with Gasteiger partial charge in [-0.25, -0.2) is 0 Å². The summed E-state index contributed by atoms with van der Waals surface area (Å²) in [5, 5.41) is 0. The van der Waals surface area contributed by atoms with Crippen LogP contribution < -0.4 is 0 Å². The zero-order valence-electron chi connectivity index (χ0n) is 21.6. The fourth-order valence-electron chi connectivity index (χ4n) is 9.54. The van der Waals surface area contributed by atoms with Crippen LogP contribution in [0.25, 0.3) is 0 Å². The number of amides is 1. The van der Waals surface area contributed by atoms with Crippen LogP contribution in [0.4, 0.5) is 0 Å². The summed E-state index contributed by atoms with van der Waals surface area (Å²) in [5.74, 6) is 2.97. The van der Waals surface area contributed by atoms with Gasteiger partial charge in [0.2, 0.25) is 0 Å². The lowest BCUT2D eigenvalue weighted by atomic mass is 9.47. The van der Waals surface area contributed by atoms with Gasteiger partial charge in [-0.05, 0) is 107 Å². The minimum Gasteiger partial charge on any atom is -0.453 e. The molecule has 0 aromatic heterocycles. The number of hydrogen-bond donors (Lipinski definition) is 0. The minimum absolute atomic E-state index is 0.0795. The number of likely N-dealkylation sites (N-methyl/N-ethyl adjacent to an activating group) is 1. The van der Waals surface area contributed by atoms with Crippen molar-refractivity contribution >= 4 is 11.9 Å². The zero-order chi connectivity index (χ0) is 23.7. The van der Waals surface area contributed by atoms with Crippen molar-refractivity contribution in [3.8, 4) is 0 Å². The molecule has 1 amide bonds. The molecule has 4 aliphatic carbocycles. The lowest BCUT2D eigenvalue weighted by Gasteiger charge is -2.58. The van der Waals surface area contributed by atoms with E-state index in [0.717, 1.165) is 42.6 Å². The van der Waals surface area contributed by atoms with Crippen molar-refractivity contribution in [1.29, 1.82) is 0 Å². The Bertz CT molecular complexity index is 854. The van der Waals surface area contributed by atoms with E-state index in [0.29, 0.717) is 10.8 Å². The van der Waals surface area contributed by atoms with Gasteiger partial charge in [-0.3, -0.25) is 9.59 Å². The molecule has 2 unspecified atom stereocenters. The number of carbonyl (C=O) groups is 2. The predicted molar refractivity (Wildman–Crippen MR) is 129 cm³/mol. The summed E-state index contributed by atoms with van der Waals surface area (Å²) in [6, 6.07) is 0.955. The van der Waals surface area contributed by atoms with Crippen LogP contribution in [0.5, 0.6) is 0 Å². The van der Waals surface area contributed by atoms with E-state index >= 15 is 0 Å². The molecule has 5 nitrogen and oxygen atoms in total. The van der Waals surface area contributed by atoms with Crippen molar-refractivity contribution in [2.75, 3.05) is 20.6 Å². The number of rotatable bonds is 3. The van der Waals surface area contributed by atoms with Gasteiger partial charge in [0.05, 0.1) is 0 Å². The van der Waals surface area contributed by atoms with Crippen molar-refractivity contribution in [2.45, 2.75) is 97.2 Å². The SMILES string of the molecule is CC(=O)OC(C)C(=O)N(C)[C@H]1CC[C@@]2(C)C(=CC[C@@H]3C2CC[C@]24CN(C)[C@@H](C)[C@H]2CC[C@@H]34)C1. The molecule has 1 heterocycles. The van der Waals surface area contributed by atoms with Gasteiger partial charge in [-0.1, -0.05) is 18.6 Å². The van der Waals surface area contributed by atoms with Gasteiger partial charge < -0.3 is 14.5 Å². The Labute approximate surface area is 200 Å². The Morgan fingerprint density at radius 1 is 1.15 bits per heavy atom. The molecule has 3 saturated carbocycles. The quantitative estimate of drug-likeness (QED) is 0.458. The monoisotopic (exact) mass is 456 g/mol. The highest BCUT2D eigenvalue weighted by Crippen LogP contribution is 2.68. The number of hydrogen-bond acceptors (Lipinski definition) is 4. The molecule has 33 heavy (non-hydrogen) atoms. The second kappa shape index (κ2) is 8.10. The van der Waals surface area contributed by atoms with Crippen molar-refractivity contribution in [2.24, 2.45) is 34.5 Å². The van der Waals surface area contributed by atoms with Gasteiger partial charge in [-0.2, -0.15) is 0 Å². The topological polar surface area (TPSA) is 49.9 Å². The van der Waals surface area contributed by atoms with Gasteiger partial charge in [0, 0.05) is 32.6 Å². The maximum Gasteiger partial charge on any atom is 0.303 e. The first-order valence-electron chi connectivity index (χ1n) is 13.4. The number of likely N-dealkylation sites (tertiary alicyclic amines) is 1. The number of allylic oxidation sites excluding steroid dienone is 1. The van der Waals surface area contributed by atoms with E-state index in [4.69, 9.17) is 4.74 Å². The van der Waals surface area contributed by atoms with Crippen LogP contribution >= 0.6 is 0 Å². The van der Waals surface area contributed by atoms with Crippen molar-refractivity contribution in [3.63, 3.8) is 0 Å². The van der Waals surface area contributed by atoms with Crippen LogP contribution in [0, 0.1) is 34.5 Å². The molecular weight excluding hydrogens is 412 g/mol. The standard InChI is InChI=1S/C28H44N2O3/c1-17-23-9-10-25-22-8-7-20-15-21(30(6)26(32)18(2)33-19(3)31)11-13-27(20,4)24(22)12-14-28(23,25)16-29(17)5/h7,17-18,21-25H,8-16H2,1-6H3/t17-,18?,21-,22+,23+,24?,25-,27-,28-/m0/s1. The maximum absolute atomic E-state index is 12.9. The molecule has 0 N–H and O–H groups in total. The molecule has 9 atom stereocenters. The first-order valence-corrected chi connectivity index (χ1v) is 13.4. The average molecular weight is 457 g/mol. The molecule has 1 aliphatic heterocycles. The summed E-state index contributed by atoms with van der Waals surface area (Å²) < 4.78 is 5.16. The molecule has 184 valence electrons. The highest BCUT2D eigenvalue weighted by Gasteiger charge is 2.64. The van der Waals surface area contributed by atoms with E-state index < -0.39 is 12.1 Å². The number of ether oxygens (including phenoxy) is 1. The fraction of sp³-hybridized carbons (Fsp3) is 0.857. The maximum atomic E-state index is 12.9. The van der Waals surface area contributed by atoms with E-state index in [-0.39, 0.29) is 11.9 Å². The van der Waals surface area contributed by atoms with Crippen molar-refractivity contribution in [1.82, 2.24) is 9.80 Å². The van der Waals surface area contributed by atoms with Crippen LogP contribution in [-0.4, -0.2) is 60.5 Å². The molecule has 5 rings (SSSR count). The predicted octanol–water partition coefficient (Wildman–Crippen LogP) is 4.66. The van der Waals surface area contributed by atoms with Crippen molar-refractivity contribution in [3.05, 3.63) is 11.6 Å². The Morgan fingerprint density at radius 3 is 2.61 bits per heavy atom. The normalized spacial score (nSPS) is 45.2. The molecule has 5 aliphatic rings. The van der Waals surface area contributed by atoms with Crippen LogP contribution in [-0.2, 0) is 14.3 Å². The summed E-state index contributed by atoms with van der Waals surface area (Å²) in [4.78, 5) is 28.7. The third-order valence-corrected chi connectivity index (χ3v) is 11.3. The van der Waals surface area contributed by atoms with E-state index in [9.17, 15) is 9.59 Å². The van der Waals surface area contributed by atoms with E-state index in [1.807, 2.05) is 11.9 Å². The number of fused-ring (bicyclic) bond motifs is 4. The van der Waals surface area contributed by atoms with Gasteiger partial charge in [-0.15, -0.1) is 0 Å². The van der Waals surface area contributed by atoms with Crippen LogP contribution in [0.1, 0.15) is 79.1 Å². The van der Waals surface area contributed by atoms with E-state index in [2.05, 4.69) is 31.9 Å². The highest BCUT2D eigenvalue weighted by molar-refractivity contribution is 5.83. The second-order valence-corrected chi connectivity index (χ2v) is 12.5. The smallest absolute Gasteiger partial charge is 0.303 e. The number of esters is 1. The number of nitrogens with zero attached hydrogens (tertiary/aromatic N) is 2. The Hall–Kier alpha value is -1.36. The van der Waals surface area contributed by atoms with Crippen LogP contribution in [0.3, 0.4) is 0 Å². The van der Waals surface area contributed by atoms with Crippen molar-refractivity contribution < 1.29 is 14.3 Å². The summed E-state index contributed by atoms with van der Waals surface area (Å²) in [6.45, 7) is 9.38. The summed E-state index contributed by atoms with van der Waals surface area (Å²) in [6.07, 6.45) is 12.0. The summed E-state index contributed by atoms with van der Waals surface area (Å²) in [7, 11) is 4.24. The van der Waals surface area contributed by atoms with Gasteiger partial charge in [0.1, 0.15) is 0 Å². The largest absolute Gasteiger partial charge is 0.453 e. The zero-order valence-corrected chi connectivity index (χ0v) is 21.6. The first kappa shape index (κ1) is 23.4. The number of carbonyl (C=O) groups excluding carboxylic acids is 2. The summed E-state index contributed by atoms with van der Waals surface area (Å²) >= 11 is 0. The van der Waals surface area contributed by atoms with Crippen LogP contribution in [0.2, 0.25) is 0 Å². The third kappa shape index (κ3) is 3.43. The summed E-state index contributed by atoms with van der Waals surface area (Å²) in [5.41, 5.74) is 2.47.